The van der Waals surface area contributed by atoms with Crippen molar-refractivity contribution in [1.29, 1.82) is 0 Å². The molecule has 6 heteroatoms. The highest BCUT2D eigenvalue weighted by Gasteiger charge is 2.14. The Hall–Kier alpha value is -3.93. The van der Waals surface area contributed by atoms with Crippen molar-refractivity contribution in [3.05, 3.63) is 77.1 Å². The molecule has 1 heterocycles. The highest BCUT2D eigenvalue weighted by molar-refractivity contribution is 5.85. The Labute approximate surface area is 166 Å². The molecule has 0 saturated heterocycles. The number of benzene rings is 3. The number of methoxy groups -OCH3 is 1. The van der Waals surface area contributed by atoms with Gasteiger partial charge in [0.2, 0.25) is 0 Å². The molecule has 0 unspecified atom stereocenters. The number of carbonyl (C=O) groups excluding carboxylic acids is 1. The highest BCUT2D eigenvalue weighted by atomic mass is 16.6. The van der Waals surface area contributed by atoms with E-state index >= 15 is 0 Å². The van der Waals surface area contributed by atoms with Crippen molar-refractivity contribution >= 4 is 16.9 Å². The van der Waals surface area contributed by atoms with Gasteiger partial charge in [-0.15, -0.1) is 0 Å². The van der Waals surface area contributed by atoms with Crippen LogP contribution in [0.4, 0.5) is 0 Å². The van der Waals surface area contributed by atoms with Gasteiger partial charge in [0, 0.05) is 18.6 Å². The SMILES string of the molecule is COc1cc2nc(-c3cccc(-c4ccccc4)c3)[nH]c(=O)c2cc1OC(C)=O. The lowest BCUT2D eigenvalue weighted by Crippen LogP contribution is -2.11. The van der Waals surface area contributed by atoms with Crippen LogP contribution in [0, 0.1) is 0 Å². The maximum atomic E-state index is 12.7. The molecule has 0 aliphatic rings. The van der Waals surface area contributed by atoms with Crippen LogP contribution in [0.2, 0.25) is 0 Å². The Balaban J connectivity index is 1.84. The molecule has 0 aliphatic carbocycles. The van der Waals surface area contributed by atoms with E-state index in [0.29, 0.717) is 22.5 Å². The fourth-order valence-corrected chi connectivity index (χ4v) is 3.15. The zero-order valence-electron chi connectivity index (χ0n) is 15.9. The summed E-state index contributed by atoms with van der Waals surface area (Å²) in [5, 5.41) is 0.310. The first-order chi connectivity index (χ1) is 14.0. The Morgan fingerprint density at radius 1 is 0.897 bits per heavy atom. The van der Waals surface area contributed by atoms with Crippen LogP contribution in [0.5, 0.6) is 11.5 Å². The second-order valence-electron chi connectivity index (χ2n) is 6.48. The molecule has 0 saturated carbocycles. The molecule has 3 aromatic carbocycles. The lowest BCUT2D eigenvalue weighted by atomic mass is 10.0. The van der Waals surface area contributed by atoms with Crippen LogP contribution in [0.15, 0.2) is 71.5 Å². The molecular weight excluding hydrogens is 368 g/mol. The van der Waals surface area contributed by atoms with E-state index in [4.69, 9.17) is 9.47 Å². The number of fused-ring (bicyclic) bond motifs is 1. The largest absolute Gasteiger partial charge is 0.493 e. The van der Waals surface area contributed by atoms with E-state index in [1.165, 1.54) is 20.1 Å². The van der Waals surface area contributed by atoms with Crippen molar-refractivity contribution in [3.8, 4) is 34.0 Å². The monoisotopic (exact) mass is 386 g/mol. The minimum absolute atomic E-state index is 0.179. The number of rotatable bonds is 4. The lowest BCUT2D eigenvalue weighted by Gasteiger charge is -2.10. The molecule has 29 heavy (non-hydrogen) atoms. The minimum atomic E-state index is -0.499. The van der Waals surface area contributed by atoms with Crippen molar-refractivity contribution < 1.29 is 14.3 Å². The van der Waals surface area contributed by atoms with Crippen molar-refractivity contribution in [2.24, 2.45) is 0 Å². The molecule has 0 radical (unpaired) electrons. The topological polar surface area (TPSA) is 81.3 Å². The normalized spacial score (nSPS) is 10.7. The standard InChI is InChI=1S/C23H18N2O4/c1-14(26)29-21-12-18-19(13-20(21)28-2)24-22(25-23(18)27)17-10-6-9-16(11-17)15-7-4-3-5-8-15/h3-13H,1-2H3,(H,24,25,27). The molecule has 0 amide bonds. The predicted octanol–water partition coefficient (Wildman–Crippen LogP) is 4.19. The first-order valence-corrected chi connectivity index (χ1v) is 9.01. The molecule has 0 fully saturated rings. The first kappa shape index (κ1) is 18.4. The molecule has 0 aliphatic heterocycles. The number of esters is 1. The third-order valence-corrected chi connectivity index (χ3v) is 4.49. The van der Waals surface area contributed by atoms with Gasteiger partial charge in [-0.3, -0.25) is 9.59 Å². The Bertz CT molecular complexity index is 1260. The van der Waals surface area contributed by atoms with Crippen LogP contribution in [-0.4, -0.2) is 23.0 Å². The lowest BCUT2D eigenvalue weighted by molar-refractivity contribution is -0.132. The third-order valence-electron chi connectivity index (χ3n) is 4.49. The van der Waals surface area contributed by atoms with E-state index < -0.39 is 5.97 Å². The van der Waals surface area contributed by atoms with Crippen LogP contribution < -0.4 is 15.0 Å². The first-order valence-electron chi connectivity index (χ1n) is 9.01. The number of carbonyl (C=O) groups is 1. The van der Waals surface area contributed by atoms with Crippen molar-refractivity contribution in [1.82, 2.24) is 9.97 Å². The number of hydrogen-bond acceptors (Lipinski definition) is 5. The molecule has 4 aromatic rings. The summed E-state index contributed by atoms with van der Waals surface area (Å²) < 4.78 is 10.4. The molecule has 0 spiro atoms. The smallest absolute Gasteiger partial charge is 0.308 e. The number of nitrogens with one attached hydrogen (secondary N) is 1. The van der Waals surface area contributed by atoms with Crippen LogP contribution in [0.3, 0.4) is 0 Å². The molecular formula is C23H18N2O4. The third kappa shape index (κ3) is 3.73. The minimum Gasteiger partial charge on any atom is -0.493 e. The zero-order valence-corrected chi connectivity index (χ0v) is 15.9. The summed E-state index contributed by atoms with van der Waals surface area (Å²) in [6, 6.07) is 20.8. The number of nitrogens with zero attached hydrogens (tertiary/aromatic N) is 1. The Morgan fingerprint density at radius 2 is 1.62 bits per heavy atom. The number of ether oxygens (including phenoxy) is 2. The average Bonchev–Trinajstić information content (AvgIpc) is 2.74. The quantitative estimate of drug-likeness (QED) is 0.420. The van der Waals surface area contributed by atoms with E-state index in [-0.39, 0.29) is 11.3 Å². The molecule has 1 N–H and O–H groups in total. The molecule has 4 rings (SSSR count). The van der Waals surface area contributed by atoms with Crippen molar-refractivity contribution in [2.75, 3.05) is 7.11 Å². The van der Waals surface area contributed by atoms with Gasteiger partial charge in [0.05, 0.1) is 18.0 Å². The van der Waals surface area contributed by atoms with Gasteiger partial charge in [-0.1, -0.05) is 48.5 Å². The van der Waals surface area contributed by atoms with Crippen LogP contribution in [-0.2, 0) is 4.79 Å². The van der Waals surface area contributed by atoms with E-state index in [1.54, 1.807) is 6.07 Å². The Morgan fingerprint density at radius 3 is 2.34 bits per heavy atom. The fourth-order valence-electron chi connectivity index (χ4n) is 3.15. The maximum Gasteiger partial charge on any atom is 0.308 e. The number of aromatic amines is 1. The highest BCUT2D eigenvalue weighted by Crippen LogP contribution is 2.31. The summed E-state index contributed by atoms with van der Waals surface area (Å²) >= 11 is 0. The van der Waals surface area contributed by atoms with Crippen molar-refractivity contribution in [3.63, 3.8) is 0 Å². The predicted molar refractivity (Wildman–Crippen MR) is 111 cm³/mol. The summed E-state index contributed by atoms with van der Waals surface area (Å²) in [5.41, 5.74) is 3.00. The van der Waals surface area contributed by atoms with Gasteiger partial charge in [0.1, 0.15) is 5.82 Å². The second kappa shape index (κ2) is 7.59. The average molecular weight is 386 g/mol. The summed E-state index contributed by atoms with van der Waals surface area (Å²) in [4.78, 5) is 31.4. The van der Waals surface area contributed by atoms with Gasteiger partial charge in [-0.05, 0) is 23.3 Å². The van der Waals surface area contributed by atoms with Gasteiger partial charge in [-0.25, -0.2) is 4.98 Å². The zero-order chi connectivity index (χ0) is 20.4. The Kier molecular flexibility index (Phi) is 4.83. The molecule has 6 nitrogen and oxygen atoms in total. The maximum absolute atomic E-state index is 12.7. The van der Waals surface area contributed by atoms with E-state index in [9.17, 15) is 9.59 Å². The fraction of sp³-hybridized carbons (Fsp3) is 0.0870. The number of aromatic nitrogens is 2. The van der Waals surface area contributed by atoms with Gasteiger partial charge in [0.15, 0.2) is 11.5 Å². The van der Waals surface area contributed by atoms with E-state index in [2.05, 4.69) is 9.97 Å². The molecule has 0 bridgehead atoms. The summed E-state index contributed by atoms with van der Waals surface area (Å²) in [5.74, 6) is 0.456. The van der Waals surface area contributed by atoms with Gasteiger partial charge in [-0.2, -0.15) is 0 Å². The van der Waals surface area contributed by atoms with Gasteiger partial charge in [0.25, 0.3) is 5.56 Å². The molecule has 1 aromatic heterocycles. The van der Waals surface area contributed by atoms with Crippen LogP contribution in [0.1, 0.15) is 6.92 Å². The summed E-state index contributed by atoms with van der Waals surface area (Å²) in [6.45, 7) is 1.29. The molecule has 144 valence electrons. The van der Waals surface area contributed by atoms with E-state index in [0.717, 1.165) is 16.7 Å². The summed E-state index contributed by atoms with van der Waals surface area (Å²) in [6.07, 6.45) is 0. The summed E-state index contributed by atoms with van der Waals surface area (Å²) in [7, 11) is 1.46. The second-order valence-corrected chi connectivity index (χ2v) is 6.48. The van der Waals surface area contributed by atoms with Gasteiger partial charge >= 0.3 is 5.97 Å². The number of H-pyrrole nitrogens is 1. The van der Waals surface area contributed by atoms with Gasteiger partial charge < -0.3 is 14.5 Å². The number of hydrogen-bond donors (Lipinski definition) is 1. The molecule has 0 atom stereocenters. The van der Waals surface area contributed by atoms with Crippen molar-refractivity contribution in [2.45, 2.75) is 6.92 Å². The van der Waals surface area contributed by atoms with Crippen LogP contribution >= 0.6 is 0 Å². The van der Waals surface area contributed by atoms with E-state index in [1.807, 2.05) is 54.6 Å². The van der Waals surface area contributed by atoms with Crippen LogP contribution in [0.25, 0.3) is 33.4 Å².